The van der Waals surface area contributed by atoms with Crippen LogP contribution in [0.5, 0.6) is 5.75 Å². The number of carbonyl (C=O) groups is 2. The van der Waals surface area contributed by atoms with Gasteiger partial charge in [0, 0.05) is 42.4 Å². The van der Waals surface area contributed by atoms with Crippen LogP contribution >= 0.6 is 11.8 Å². The number of amides is 2. The number of rotatable bonds is 4. The van der Waals surface area contributed by atoms with E-state index in [0.29, 0.717) is 11.3 Å². The molecule has 0 bridgehead atoms. The third kappa shape index (κ3) is 4.02. The zero-order valence-corrected chi connectivity index (χ0v) is 14.3. The van der Waals surface area contributed by atoms with Gasteiger partial charge in [-0.2, -0.15) is 11.8 Å². The molecule has 2 heterocycles. The quantitative estimate of drug-likeness (QED) is 0.885. The Morgan fingerprint density at radius 3 is 2.62 bits per heavy atom. The Kier molecular flexibility index (Phi) is 5.30. The van der Waals surface area contributed by atoms with E-state index in [1.807, 2.05) is 16.7 Å². The van der Waals surface area contributed by atoms with Crippen LogP contribution in [0.15, 0.2) is 24.3 Å². The van der Waals surface area contributed by atoms with Crippen molar-refractivity contribution in [3.8, 4) is 5.75 Å². The van der Waals surface area contributed by atoms with E-state index in [0.717, 1.165) is 44.9 Å². The second kappa shape index (κ2) is 7.44. The molecule has 2 aliphatic rings. The Morgan fingerprint density at radius 1 is 1.25 bits per heavy atom. The van der Waals surface area contributed by atoms with Crippen molar-refractivity contribution in [3.05, 3.63) is 29.8 Å². The predicted octanol–water partition coefficient (Wildman–Crippen LogP) is 1.29. The van der Waals surface area contributed by atoms with E-state index >= 15 is 0 Å². The molecule has 3 rings (SSSR count). The maximum atomic E-state index is 12.8. The first-order valence-electron chi connectivity index (χ1n) is 8.10. The van der Waals surface area contributed by atoms with Crippen molar-refractivity contribution in [1.29, 1.82) is 0 Å². The van der Waals surface area contributed by atoms with E-state index in [2.05, 4.69) is 0 Å². The highest BCUT2D eigenvalue weighted by atomic mass is 32.2. The number of carbonyl (C=O) groups excluding carboxylic acids is 2. The maximum Gasteiger partial charge on any atom is 0.255 e. The molecule has 0 aromatic heterocycles. The molecule has 0 unspecified atom stereocenters. The molecule has 1 aromatic carbocycles. The number of benzene rings is 1. The highest BCUT2D eigenvalue weighted by molar-refractivity contribution is 8.00. The lowest BCUT2D eigenvalue weighted by molar-refractivity contribution is -0.119. The molecule has 0 saturated carbocycles. The van der Waals surface area contributed by atoms with Gasteiger partial charge in [0.1, 0.15) is 5.75 Å². The lowest BCUT2D eigenvalue weighted by Gasteiger charge is -2.44. The van der Waals surface area contributed by atoms with E-state index in [9.17, 15) is 9.59 Å². The van der Waals surface area contributed by atoms with Gasteiger partial charge >= 0.3 is 0 Å². The first-order valence-corrected chi connectivity index (χ1v) is 9.09. The van der Waals surface area contributed by atoms with Gasteiger partial charge in [-0.05, 0) is 37.1 Å². The number of hydrogen-bond donors (Lipinski definition) is 1. The number of hydrogen-bond acceptors (Lipinski definition) is 5. The molecule has 2 fully saturated rings. The number of thioether (sulfide) groups is 1. The van der Waals surface area contributed by atoms with Gasteiger partial charge in [-0.3, -0.25) is 9.59 Å². The van der Waals surface area contributed by atoms with Crippen molar-refractivity contribution in [1.82, 2.24) is 4.90 Å². The van der Waals surface area contributed by atoms with Crippen molar-refractivity contribution >= 4 is 23.6 Å². The summed E-state index contributed by atoms with van der Waals surface area (Å²) in [6.07, 6.45) is 2.00. The van der Waals surface area contributed by atoms with Gasteiger partial charge in [0.2, 0.25) is 0 Å². The normalized spacial score (nSPS) is 19.9. The smallest absolute Gasteiger partial charge is 0.255 e. The van der Waals surface area contributed by atoms with Crippen LogP contribution in [0.25, 0.3) is 0 Å². The minimum absolute atomic E-state index is 0.0441. The van der Waals surface area contributed by atoms with Gasteiger partial charge in [0.25, 0.3) is 11.8 Å². The van der Waals surface area contributed by atoms with Gasteiger partial charge in [0.05, 0.1) is 0 Å². The fourth-order valence-corrected chi connectivity index (χ4v) is 4.54. The number of primary amides is 1. The number of ether oxygens (including phenoxy) is 2. The summed E-state index contributed by atoms with van der Waals surface area (Å²) in [6, 6.07) is 6.85. The highest BCUT2D eigenvalue weighted by Crippen LogP contribution is 2.39. The molecule has 2 aliphatic heterocycles. The molecule has 2 N–H and O–H groups in total. The summed E-state index contributed by atoms with van der Waals surface area (Å²) in [5.74, 6) is 1.01. The fourth-order valence-electron chi connectivity index (χ4n) is 3.09. The van der Waals surface area contributed by atoms with Crippen LogP contribution in [0, 0.1) is 0 Å². The largest absolute Gasteiger partial charge is 0.484 e. The standard InChI is InChI=1S/C17H22N2O4S/c18-15(20)11-23-14-3-1-13(2-4-14)16(21)19-7-10-24-17(12-19)5-8-22-9-6-17/h1-4H,5-12H2,(H2,18,20). The average Bonchev–Trinajstić information content (AvgIpc) is 2.60. The summed E-state index contributed by atoms with van der Waals surface area (Å²) < 4.78 is 10.8. The zero-order chi connectivity index (χ0) is 17.0. The summed E-state index contributed by atoms with van der Waals surface area (Å²) in [5, 5.41) is 0. The fraction of sp³-hybridized carbons (Fsp3) is 0.529. The Bertz CT molecular complexity index is 594. The van der Waals surface area contributed by atoms with E-state index in [1.165, 1.54) is 0 Å². The molecule has 2 saturated heterocycles. The van der Waals surface area contributed by atoms with Crippen LogP contribution in [0.4, 0.5) is 0 Å². The average molecular weight is 350 g/mol. The Morgan fingerprint density at radius 2 is 1.96 bits per heavy atom. The molecule has 0 atom stereocenters. The Labute approximate surface area is 145 Å². The van der Waals surface area contributed by atoms with Gasteiger partial charge in [-0.15, -0.1) is 0 Å². The summed E-state index contributed by atoms with van der Waals surface area (Å²) in [4.78, 5) is 25.4. The lowest BCUT2D eigenvalue weighted by atomic mass is 9.97. The van der Waals surface area contributed by atoms with E-state index in [4.69, 9.17) is 15.2 Å². The molecule has 6 nitrogen and oxygen atoms in total. The molecule has 7 heteroatoms. The van der Waals surface area contributed by atoms with E-state index in [-0.39, 0.29) is 17.3 Å². The minimum Gasteiger partial charge on any atom is -0.484 e. The van der Waals surface area contributed by atoms with Crippen molar-refractivity contribution in [2.45, 2.75) is 17.6 Å². The molecule has 0 radical (unpaired) electrons. The topological polar surface area (TPSA) is 81.9 Å². The highest BCUT2D eigenvalue weighted by Gasteiger charge is 2.39. The van der Waals surface area contributed by atoms with Gasteiger partial charge in [0.15, 0.2) is 6.61 Å². The van der Waals surface area contributed by atoms with Gasteiger partial charge in [-0.25, -0.2) is 0 Å². The summed E-state index contributed by atoms with van der Waals surface area (Å²) in [7, 11) is 0. The van der Waals surface area contributed by atoms with Crippen LogP contribution in [-0.4, -0.2) is 60.1 Å². The number of nitrogens with two attached hydrogens (primary N) is 1. The first-order chi connectivity index (χ1) is 11.6. The molecular weight excluding hydrogens is 328 g/mol. The molecule has 2 amide bonds. The predicted molar refractivity (Wildman–Crippen MR) is 92.3 cm³/mol. The first kappa shape index (κ1) is 17.1. The lowest BCUT2D eigenvalue weighted by Crippen LogP contribution is -2.51. The van der Waals surface area contributed by atoms with Crippen LogP contribution in [0.2, 0.25) is 0 Å². The number of nitrogens with zero attached hydrogens (tertiary/aromatic N) is 1. The SMILES string of the molecule is NC(=O)COc1ccc(C(=O)N2CCSC3(CCOCC3)C2)cc1. The van der Waals surface area contributed by atoms with Crippen LogP contribution < -0.4 is 10.5 Å². The second-order valence-corrected chi connectivity index (χ2v) is 7.71. The Balaban J connectivity index is 1.64. The van der Waals surface area contributed by atoms with Crippen molar-refractivity contribution in [2.24, 2.45) is 5.73 Å². The second-order valence-electron chi connectivity index (χ2n) is 6.15. The monoisotopic (exact) mass is 350 g/mol. The van der Waals surface area contributed by atoms with Crippen LogP contribution in [0.1, 0.15) is 23.2 Å². The molecular formula is C17H22N2O4S. The molecule has 1 spiro atoms. The molecule has 0 aliphatic carbocycles. The summed E-state index contributed by atoms with van der Waals surface area (Å²) >= 11 is 1.98. The third-order valence-corrected chi connectivity index (χ3v) is 5.96. The van der Waals surface area contributed by atoms with E-state index < -0.39 is 5.91 Å². The summed E-state index contributed by atoms with van der Waals surface area (Å²) in [5.41, 5.74) is 5.68. The van der Waals surface area contributed by atoms with Crippen LogP contribution in [-0.2, 0) is 9.53 Å². The third-order valence-electron chi connectivity index (χ3n) is 4.42. The van der Waals surface area contributed by atoms with Gasteiger partial charge < -0.3 is 20.1 Å². The zero-order valence-electron chi connectivity index (χ0n) is 13.5. The molecule has 130 valence electrons. The molecule has 24 heavy (non-hydrogen) atoms. The van der Waals surface area contributed by atoms with Crippen molar-refractivity contribution in [3.63, 3.8) is 0 Å². The summed E-state index contributed by atoms with van der Waals surface area (Å²) in [6.45, 7) is 2.94. The van der Waals surface area contributed by atoms with Crippen molar-refractivity contribution < 1.29 is 19.1 Å². The minimum atomic E-state index is -0.525. The Hall–Kier alpha value is -1.73. The van der Waals surface area contributed by atoms with E-state index in [1.54, 1.807) is 24.3 Å². The van der Waals surface area contributed by atoms with Gasteiger partial charge in [-0.1, -0.05) is 0 Å². The maximum absolute atomic E-state index is 12.8. The molecule has 1 aromatic rings. The van der Waals surface area contributed by atoms with Crippen molar-refractivity contribution in [2.75, 3.05) is 38.7 Å². The van der Waals surface area contributed by atoms with Crippen LogP contribution in [0.3, 0.4) is 0 Å².